The van der Waals surface area contributed by atoms with Gasteiger partial charge in [0.05, 0.1) is 0 Å². The van der Waals surface area contributed by atoms with Crippen LogP contribution in [-0.2, 0) is 4.79 Å². The molecule has 0 radical (unpaired) electrons. The number of hydrogen-bond acceptors (Lipinski definition) is 1. The van der Waals surface area contributed by atoms with Gasteiger partial charge in [-0.1, -0.05) is 43.4 Å². The van der Waals surface area contributed by atoms with Gasteiger partial charge in [0.15, 0.2) is 0 Å². The van der Waals surface area contributed by atoms with Crippen molar-refractivity contribution >= 4 is 28.4 Å². The van der Waals surface area contributed by atoms with Crippen molar-refractivity contribution in [2.45, 2.75) is 46.5 Å². The summed E-state index contributed by atoms with van der Waals surface area (Å²) in [6.07, 6.45) is 3.97. The van der Waals surface area contributed by atoms with Gasteiger partial charge in [0.25, 0.3) is 0 Å². The van der Waals surface area contributed by atoms with Crippen LogP contribution >= 0.6 is 22.6 Å². The highest BCUT2D eigenvalue weighted by molar-refractivity contribution is 14.1. The molecule has 0 bridgehead atoms. The molecule has 1 rings (SSSR count). The van der Waals surface area contributed by atoms with E-state index >= 15 is 0 Å². The molecule has 0 N–H and O–H groups in total. The van der Waals surface area contributed by atoms with E-state index in [2.05, 4.69) is 43.4 Å². The number of carbonyl (C=O) groups excluding carboxylic acids is 1. The number of hydrogen-bond donors (Lipinski definition) is 0. The van der Waals surface area contributed by atoms with Crippen molar-refractivity contribution in [2.24, 2.45) is 10.8 Å². The minimum Gasteiger partial charge on any atom is -0.300 e. The van der Waals surface area contributed by atoms with Crippen LogP contribution in [0.1, 0.15) is 46.5 Å². The van der Waals surface area contributed by atoms with Gasteiger partial charge in [-0.2, -0.15) is 0 Å². The van der Waals surface area contributed by atoms with Crippen LogP contribution in [0.25, 0.3) is 0 Å². The van der Waals surface area contributed by atoms with Gasteiger partial charge in [-0.15, -0.1) is 0 Å². The van der Waals surface area contributed by atoms with E-state index in [1.165, 1.54) is 12.8 Å². The summed E-state index contributed by atoms with van der Waals surface area (Å²) in [4.78, 5) is 11.6. The van der Waals surface area contributed by atoms with E-state index in [1.54, 1.807) is 0 Å². The van der Waals surface area contributed by atoms with Crippen molar-refractivity contribution in [3.05, 3.63) is 0 Å². The molecule has 2 heteroatoms. The lowest BCUT2D eigenvalue weighted by atomic mass is 9.63. The Labute approximate surface area is 94.8 Å². The molecule has 1 aliphatic rings. The first kappa shape index (κ1) is 11.5. The van der Waals surface area contributed by atoms with Crippen molar-refractivity contribution in [2.75, 3.05) is 4.43 Å². The normalized spacial score (nSPS) is 33.4. The highest BCUT2D eigenvalue weighted by atomic mass is 127. The van der Waals surface area contributed by atoms with Gasteiger partial charge in [0.2, 0.25) is 0 Å². The molecule has 0 aromatic carbocycles. The first-order chi connectivity index (χ1) is 5.87. The monoisotopic (exact) mass is 294 g/mol. The van der Waals surface area contributed by atoms with Crippen LogP contribution < -0.4 is 0 Å². The topological polar surface area (TPSA) is 17.1 Å². The predicted molar refractivity (Wildman–Crippen MR) is 64.3 cm³/mol. The fourth-order valence-electron chi connectivity index (χ4n) is 2.76. The quantitative estimate of drug-likeness (QED) is 0.562. The fourth-order valence-corrected chi connectivity index (χ4v) is 4.06. The maximum Gasteiger partial charge on any atom is 0.133 e. The molecular formula is C11H19IO. The van der Waals surface area contributed by atoms with E-state index in [9.17, 15) is 4.79 Å². The third kappa shape index (κ3) is 3.22. The van der Waals surface area contributed by atoms with Gasteiger partial charge < -0.3 is 0 Å². The average molecular weight is 294 g/mol. The Morgan fingerprint density at radius 2 is 1.92 bits per heavy atom. The molecule has 76 valence electrons. The molecule has 0 saturated heterocycles. The summed E-state index contributed by atoms with van der Waals surface area (Å²) in [5, 5.41) is 0. The third-order valence-corrected chi connectivity index (χ3v) is 3.44. The van der Waals surface area contributed by atoms with Gasteiger partial charge in [-0.25, -0.2) is 0 Å². The second-order valence-electron chi connectivity index (χ2n) is 5.48. The molecule has 0 spiro atoms. The van der Waals surface area contributed by atoms with Crippen LogP contribution in [0.4, 0.5) is 0 Å². The number of carbonyl (C=O) groups is 1. The maximum absolute atomic E-state index is 11.6. The zero-order chi connectivity index (χ0) is 10.1. The SMILES string of the molecule is CC1(C)CC(=O)CC(C)(CCI)C1. The smallest absolute Gasteiger partial charge is 0.133 e. The molecule has 1 fully saturated rings. The van der Waals surface area contributed by atoms with Crippen molar-refractivity contribution in [3.8, 4) is 0 Å². The molecule has 0 amide bonds. The summed E-state index contributed by atoms with van der Waals surface area (Å²) in [5.74, 6) is 0.462. The van der Waals surface area contributed by atoms with Gasteiger partial charge in [-0.05, 0) is 23.7 Å². The molecule has 13 heavy (non-hydrogen) atoms. The Morgan fingerprint density at radius 3 is 2.38 bits per heavy atom. The minimum atomic E-state index is 0.232. The van der Waals surface area contributed by atoms with Crippen molar-refractivity contribution < 1.29 is 4.79 Å². The van der Waals surface area contributed by atoms with Crippen molar-refractivity contribution in [1.82, 2.24) is 0 Å². The van der Waals surface area contributed by atoms with Crippen molar-refractivity contribution in [3.63, 3.8) is 0 Å². The van der Waals surface area contributed by atoms with Gasteiger partial charge in [0, 0.05) is 17.3 Å². The van der Waals surface area contributed by atoms with Crippen LogP contribution in [0, 0.1) is 10.8 Å². The Hall–Kier alpha value is 0.400. The summed E-state index contributed by atoms with van der Waals surface area (Å²) >= 11 is 2.41. The number of rotatable bonds is 2. The first-order valence-corrected chi connectivity index (χ1v) is 6.47. The van der Waals surface area contributed by atoms with Crippen LogP contribution in [0.3, 0.4) is 0 Å². The molecule has 0 aromatic heterocycles. The lowest BCUT2D eigenvalue weighted by molar-refractivity contribution is -0.127. The zero-order valence-corrected chi connectivity index (χ0v) is 11.0. The number of alkyl halides is 1. The highest BCUT2D eigenvalue weighted by Crippen LogP contribution is 2.46. The minimum absolute atomic E-state index is 0.232. The lowest BCUT2D eigenvalue weighted by Gasteiger charge is -2.41. The Balaban J connectivity index is 2.72. The van der Waals surface area contributed by atoms with Gasteiger partial charge in [-0.3, -0.25) is 4.79 Å². The molecule has 1 aliphatic carbocycles. The van der Waals surface area contributed by atoms with Crippen LogP contribution in [0.5, 0.6) is 0 Å². The highest BCUT2D eigenvalue weighted by Gasteiger charge is 2.39. The Kier molecular flexibility index (Phi) is 3.42. The molecule has 1 atom stereocenters. The maximum atomic E-state index is 11.6. The van der Waals surface area contributed by atoms with E-state index in [0.29, 0.717) is 5.78 Å². The van der Waals surface area contributed by atoms with Crippen LogP contribution in [0.2, 0.25) is 0 Å². The number of halogens is 1. The summed E-state index contributed by atoms with van der Waals surface area (Å²) in [7, 11) is 0. The Bertz CT molecular complexity index is 210. The summed E-state index contributed by atoms with van der Waals surface area (Å²) in [5.41, 5.74) is 0.510. The predicted octanol–water partition coefficient (Wildman–Crippen LogP) is 3.60. The largest absolute Gasteiger partial charge is 0.300 e. The van der Waals surface area contributed by atoms with E-state index in [4.69, 9.17) is 0 Å². The lowest BCUT2D eigenvalue weighted by Crippen LogP contribution is -2.36. The fraction of sp³-hybridized carbons (Fsp3) is 0.909. The molecule has 0 aromatic rings. The molecule has 1 nitrogen and oxygen atoms in total. The second-order valence-corrected chi connectivity index (χ2v) is 6.56. The van der Waals surface area contributed by atoms with Crippen molar-refractivity contribution in [1.29, 1.82) is 0 Å². The van der Waals surface area contributed by atoms with Crippen LogP contribution in [-0.4, -0.2) is 10.2 Å². The van der Waals surface area contributed by atoms with E-state index < -0.39 is 0 Å². The van der Waals surface area contributed by atoms with Crippen LogP contribution in [0.15, 0.2) is 0 Å². The summed E-state index contributed by atoms with van der Waals surface area (Å²) in [6, 6.07) is 0. The standard InChI is InChI=1S/C11H19IO/c1-10(2)6-9(13)7-11(3,8-10)4-5-12/h4-8H2,1-3H3. The first-order valence-electron chi connectivity index (χ1n) is 4.95. The third-order valence-electron chi connectivity index (χ3n) is 2.90. The second kappa shape index (κ2) is 3.87. The zero-order valence-electron chi connectivity index (χ0n) is 8.82. The van der Waals surface area contributed by atoms with E-state index in [1.807, 2.05) is 0 Å². The van der Waals surface area contributed by atoms with Gasteiger partial charge in [0.1, 0.15) is 5.78 Å². The molecular weight excluding hydrogens is 275 g/mol. The summed E-state index contributed by atoms with van der Waals surface area (Å²) < 4.78 is 1.16. The summed E-state index contributed by atoms with van der Waals surface area (Å²) in [6.45, 7) is 6.70. The van der Waals surface area contributed by atoms with Gasteiger partial charge >= 0.3 is 0 Å². The molecule has 0 heterocycles. The average Bonchev–Trinajstić information content (AvgIpc) is 1.78. The molecule has 0 aliphatic heterocycles. The molecule has 1 saturated carbocycles. The molecule has 1 unspecified atom stereocenters. The van der Waals surface area contributed by atoms with E-state index in [0.717, 1.165) is 17.3 Å². The number of ketones is 1. The Morgan fingerprint density at radius 1 is 1.31 bits per heavy atom. The van der Waals surface area contributed by atoms with E-state index in [-0.39, 0.29) is 10.8 Å². The number of Topliss-reactive ketones (excluding diaryl/α,β-unsaturated/α-hetero) is 1.